The molecule has 0 spiro atoms. The molecule has 0 bridgehead atoms. The second-order valence-electron chi connectivity index (χ2n) is 7.53. The third-order valence-corrected chi connectivity index (χ3v) is 4.67. The van der Waals surface area contributed by atoms with Gasteiger partial charge in [-0.15, -0.1) is 0 Å². The summed E-state index contributed by atoms with van der Waals surface area (Å²) in [4.78, 5) is 23.8. The zero-order valence-corrected chi connectivity index (χ0v) is 16.8. The van der Waals surface area contributed by atoms with E-state index in [9.17, 15) is 14.0 Å². The lowest BCUT2D eigenvalue weighted by Crippen LogP contribution is -2.53. The number of primary amides is 1. The molecule has 0 atom stereocenters. The summed E-state index contributed by atoms with van der Waals surface area (Å²) in [5.41, 5.74) is 14.4. The van der Waals surface area contributed by atoms with E-state index in [1.165, 1.54) is 6.07 Å². The number of aryl methyl sites for hydroxylation is 2. The summed E-state index contributed by atoms with van der Waals surface area (Å²) < 4.78 is 14.3. The highest BCUT2D eigenvalue weighted by atomic mass is 19.1. The Morgan fingerprint density at radius 1 is 1.07 bits per heavy atom. The Morgan fingerprint density at radius 3 is 2.29 bits per heavy atom. The maximum atomic E-state index is 14.3. The molecule has 2 amide bonds. The van der Waals surface area contributed by atoms with Gasteiger partial charge in [-0.25, -0.2) is 4.39 Å². The summed E-state index contributed by atoms with van der Waals surface area (Å²) in [5.74, 6) is -1.37. The number of halogens is 1. The number of hydrogen-bond acceptors (Lipinski definition) is 3. The molecule has 0 aliphatic carbocycles. The van der Waals surface area contributed by atoms with E-state index in [0.717, 1.165) is 22.3 Å². The second-order valence-corrected chi connectivity index (χ2v) is 7.53. The minimum atomic E-state index is -1.15. The van der Waals surface area contributed by atoms with Gasteiger partial charge in [0.25, 0.3) is 0 Å². The molecular weight excluding hydrogens is 357 g/mol. The van der Waals surface area contributed by atoms with Gasteiger partial charge in [-0.1, -0.05) is 12.1 Å². The number of benzene rings is 2. The molecule has 2 aromatic rings. The van der Waals surface area contributed by atoms with E-state index in [1.807, 2.05) is 26.0 Å². The van der Waals surface area contributed by atoms with Gasteiger partial charge in [-0.2, -0.15) is 0 Å². The number of nitrogens with one attached hydrogen (secondary N) is 1. The molecular formula is C22H26FN3O2. The van der Waals surface area contributed by atoms with Crippen molar-refractivity contribution in [1.82, 2.24) is 5.32 Å². The Morgan fingerprint density at radius 2 is 1.71 bits per heavy atom. The molecule has 2 rings (SSSR count). The third kappa shape index (κ3) is 4.57. The summed E-state index contributed by atoms with van der Waals surface area (Å²) in [6.45, 7) is 8.53. The van der Waals surface area contributed by atoms with Crippen LogP contribution in [0.5, 0.6) is 0 Å². The van der Waals surface area contributed by atoms with E-state index in [1.54, 1.807) is 39.0 Å². The molecule has 0 saturated heterocycles. The van der Waals surface area contributed by atoms with Crippen molar-refractivity contribution in [3.63, 3.8) is 0 Å². The molecule has 0 unspecified atom stereocenters. The molecule has 5 N–H and O–H groups in total. The quantitative estimate of drug-likeness (QED) is 0.544. The number of anilines is 1. The topological polar surface area (TPSA) is 98.2 Å². The average Bonchev–Trinajstić information content (AvgIpc) is 2.57. The number of carbonyl (C=O) groups is 2. The fraction of sp³-hybridized carbons (Fsp3) is 0.273. The monoisotopic (exact) mass is 383 g/mol. The summed E-state index contributed by atoms with van der Waals surface area (Å²) in [6, 6.07) is 8.40. The first-order valence-corrected chi connectivity index (χ1v) is 8.89. The predicted molar refractivity (Wildman–Crippen MR) is 111 cm³/mol. The molecule has 0 radical (unpaired) electrons. The Balaban J connectivity index is 2.38. The average molecular weight is 383 g/mol. The van der Waals surface area contributed by atoms with Gasteiger partial charge in [0.1, 0.15) is 11.4 Å². The van der Waals surface area contributed by atoms with Crippen LogP contribution in [0.1, 0.15) is 37.5 Å². The van der Waals surface area contributed by atoms with Gasteiger partial charge in [0, 0.05) is 16.8 Å². The van der Waals surface area contributed by atoms with Crippen LogP contribution in [0.2, 0.25) is 0 Å². The van der Waals surface area contributed by atoms with Crippen LogP contribution in [0.4, 0.5) is 10.1 Å². The number of carbonyl (C=O) groups excluding carboxylic acids is 2. The van der Waals surface area contributed by atoms with Crippen molar-refractivity contribution in [2.45, 2.75) is 40.2 Å². The Hall–Kier alpha value is -3.15. The van der Waals surface area contributed by atoms with Gasteiger partial charge < -0.3 is 16.8 Å². The van der Waals surface area contributed by atoms with E-state index in [4.69, 9.17) is 11.5 Å². The minimum absolute atomic E-state index is 0.371. The lowest BCUT2D eigenvalue weighted by Gasteiger charge is -2.22. The van der Waals surface area contributed by atoms with Crippen molar-refractivity contribution in [2.75, 3.05) is 5.73 Å². The first kappa shape index (κ1) is 21.2. The van der Waals surface area contributed by atoms with Gasteiger partial charge in [0.05, 0.1) is 0 Å². The van der Waals surface area contributed by atoms with Crippen molar-refractivity contribution in [3.8, 4) is 11.1 Å². The fourth-order valence-electron chi connectivity index (χ4n) is 2.78. The first-order valence-electron chi connectivity index (χ1n) is 8.89. The van der Waals surface area contributed by atoms with Crippen LogP contribution in [0.3, 0.4) is 0 Å². The number of amides is 2. The molecule has 0 aromatic heterocycles. The Bertz CT molecular complexity index is 978. The zero-order valence-electron chi connectivity index (χ0n) is 16.8. The lowest BCUT2D eigenvalue weighted by atomic mass is 9.93. The maximum absolute atomic E-state index is 14.3. The summed E-state index contributed by atoms with van der Waals surface area (Å²) in [7, 11) is 0. The van der Waals surface area contributed by atoms with Crippen molar-refractivity contribution in [1.29, 1.82) is 0 Å². The molecule has 0 aliphatic heterocycles. The summed E-state index contributed by atoms with van der Waals surface area (Å²) in [6.07, 6.45) is 1.73. The molecule has 2 aromatic carbocycles. The molecule has 0 aliphatic rings. The molecule has 5 nitrogen and oxygen atoms in total. The van der Waals surface area contributed by atoms with Crippen molar-refractivity contribution < 1.29 is 14.0 Å². The van der Waals surface area contributed by atoms with E-state index in [-0.39, 0.29) is 11.7 Å². The van der Waals surface area contributed by atoms with Crippen LogP contribution in [-0.2, 0) is 9.59 Å². The molecule has 0 saturated carbocycles. The zero-order chi connectivity index (χ0) is 21.2. The van der Waals surface area contributed by atoms with Gasteiger partial charge in [0.2, 0.25) is 11.8 Å². The number of hydrogen-bond donors (Lipinski definition) is 3. The summed E-state index contributed by atoms with van der Waals surface area (Å²) in [5, 5.41) is 2.62. The Kier molecular flexibility index (Phi) is 5.92. The van der Waals surface area contributed by atoms with Crippen LogP contribution in [0, 0.1) is 19.7 Å². The smallest absolute Gasteiger partial charge is 0.247 e. The van der Waals surface area contributed by atoms with Crippen LogP contribution < -0.4 is 16.8 Å². The van der Waals surface area contributed by atoms with Gasteiger partial charge in [-0.05, 0) is 81.1 Å². The molecule has 0 fully saturated rings. The SMILES string of the molecule is CC(=Cc1cc(C)c(-c2ccc(N)cc2F)cc1C)C(=O)NC(C)(C)C(N)=O. The molecule has 28 heavy (non-hydrogen) atoms. The van der Waals surface area contributed by atoms with E-state index in [0.29, 0.717) is 16.8 Å². The largest absolute Gasteiger partial charge is 0.399 e. The third-order valence-electron chi connectivity index (χ3n) is 4.67. The second kappa shape index (κ2) is 7.84. The van der Waals surface area contributed by atoms with E-state index < -0.39 is 11.4 Å². The maximum Gasteiger partial charge on any atom is 0.247 e. The number of rotatable bonds is 5. The van der Waals surface area contributed by atoms with Crippen molar-refractivity contribution >= 4 is 23.6 Å². The van der Waals surface area contributed by atoms with E-state index >= 15 is 0 Å². The van der Waals surface area contributed by atoms with E-state index in [2.05, 4.69) is 5.32 Å². The van der Waals surface area contributed by atoms with Crippen LogP contribution in [-0.4, -0.2) is 17.4 Å². The lowest BCUT2D eigenvalue weighted by molar-refractivity contribution is -0.128. The molecule has 6 heteroatoms. The normalized spacial score (nSPS) is 12.0. The van der Waals surface area contributed by atoms with Crippen molar-refractivity contribution in [2.24, 2.45) is 5.73 Å². The van der Waals surface area contributed by atoms with Gasteiger partial charge in [-0.3, -0.25) is 9.59 Å². The number of nitrogens with two attached hydrogens (primary N) is 2. The fourth-order valence-corrected chi connectivity index (χ4v) is 2.78. The Labute approximate surface area is 164 Å². The van der Waals surface area contributed by atoms with Gasteiger partial charge >= 0.3 is 0 Å². The highest BCUT2D eigenvalue weighted by Gasteiger charge is 2.27. The molecule has 0 heterocycles. The minimum Gasteiger partial charge on any atom is -0.399 e. The predicted octanol–water partition coefficient (Wildman–Crippen LogP) is 3.48. The highest BCUT2D eigenvalue weighted by molar-refractivity contribution is 6.00. The summed E-state index contributed by atoms with van der Waals surface area (Å²) >= 11 is 0. The van der Waals surface area contributed by atoms with Crippen LogP contribution >= 0.6 is 0 Å². The van der Waals surface area contributed by atoms with Crippen LogP contribution in [0.15, 0.2) is 35.9 Å². The standard InChI is InChI=1S/C22H26FN3O2/c1-12-10-18(17-7-6-16(24)11-19(17)23)13(2)8-15(12)9-14(3)20(27)26-22(4,5)21(25)28/h6-11H,24H2,1-5H3,(H2,25,28)(H,26,27). The first-order chi connectivity index (χ1) is 12.9. The number of nitrogen functional groups attached to an aromatic ring is 1. The van der Waals surface area contributed by atoms with Crippen LogP contribution in [0.25, 0.3) is 17.2 Å². The van der Waals surface area contributed by atoms with Crippen molar-refractivity contribution in [3.05, 3.63) is 58.4 Å². The highest BCUT2D eigenvalue weighted by Crippen LogP contribution is 2.30. The molecule has 148 valence electrons. The van der Waals surface area contributed by atoms with Gasteiger partial charge in [0.15, 0.2) is 0 Å².